The van der Waals surface area contributed by atoms with Crippen LogP contribution in [0.3, 0.4) is 0 Å². The van der Waals surface area contributed by atoms with Gasteiger partial charge in [0, 0.05) is 19.6 Å². The molecule has 108 valence electrons. The smallest absolute Gasteiger partial charge is 0.239 e. The van der Waals surface area contributed by atoms with Crippen molar-refractivity contribution in [2.24, 2.45) is 0 Å². The van der Waals surface area contributed by atoms with E-state index in [1.54, 1.807) is 4.90 Å². The van der Waals surface area contributed by atoms with Crippen LogP contribution in [0, 0.1) is 0 Å². The van der Waals surface area contributed by atoms with E-state index in [2.05, 4.69) is 5.32 Å². The molecule has 0 aliphatic heterocycles. The quantitative estimate of drug-likeness (QED) is 0.638. The van der Waals surface area contributed by atoms with E-state index in [9.17, 15) is 9.90 Å². The standard InChI is InChI=1S/C13H28N2O3/c1-6-15(7-2)13(17)11(5)14-8-12(16)9-18-10(3)4/h10-12,14,16H,6-9H2,1-5H3. The zero-order chi connectivity index (χ0) is 14.1. The number of hydrogen-bond acceptors (Lipinski definition) is 4. The van der Waals surface area contributed by atoms with Crippen molar-refractivity contribution in [1.29, 1.82) is 0 Å². The normalized spacial score (nSPS) is 14.6. The Morgan fingerprint density at radius 1 is 1.28 bits per heavy atom. The van der Waals surface area contributed by atoms with E-state index < -0.39 is 6.10 Å². The fourth-order valence-electron chi connectivity index (χ4n) is 1.57. The SMILES string of the molecule is CCN(CC)C(=O)C(C)NCC(O)COC(C)C. The second-order valence-electron chi connectivity index (χ2n) is 4.68. The van der Waals surface area contributed by atoms with Crippen LogP contribution in [0.15, 0.2) is 0 Å². The molecule has 2 atom stereocenters. The van der Waals surface area contributed by atoms with Gasteiger partial charge in [0.25, 0.3) is 0 Å². The third kappa shape index (κ3) is 6.93. The lowest BCUT2D eigenvalue weighted by Gasteiger charge is -2.24. The summed E-state index contributed by atoms with van der Waals surface area (Å²) in [5.74, 6) is 0.0666. The molecule has 0 heterocycles. The van der Waals surface area contributed by atoms with E-state index in [4.69, 9.17) is 4.74 Å². The lowest BCUT2D eigenvalue weighted by molar-refractivity contribution is -0.132. The summed E-state index contributed by atoms with van der Waals surface area (Å²) in [4.78, 5) is 13.7. The Bertz CT molecular complexity index is 230. The maximum atomic E-state index is 11.9. The summed E-state index contributed by atoms with van der Waals surface area (Å²) in [6.45, 7) is 11.6. The van der Waals surface area contributed by atoms with Crippen molar-refractivity contribution >= 4 is 5.91 Å². The van der Waals surface area contributed by atoms with Crippen molar-refractivity contribution in [3.05, 3.63) is 0 Å². The van der Waals surface area contributed by atoms with Gasteiger partial charge in [-0.2, -0.15) is 0 Å². The van der Waals surface area contributed by atoms with E-state index in [-0.39, 0.29) is 24.7 Å². The van der Waals surface area contributed by atoms with Crippen LogP contribution in [-0.2, 0) is 9.53 Å². The van der Waals surface area contributed by atoms with E-state index in [0.717, 1.165) is 0 Å². The van der Waals surface area contributed by atoms with Gasteiger partial charge in [-0.3, -0.25) is 4.79 Å². The van der Waals surface area contributed by atoms with Gasteiger partial charge in [0.2, 0.25) is 5.91 Å². The first-order valence-electron chi connectivity index (χ1n) is 6.74. The molecule has 0 aliphatic rings. The first kappa shape index (κ1) is 17.4. The molecule has 2 N–H and O–H groups in total. The minimum atomic E-state index is -0.584. The van der Waals surface area contributed by atoms with Crippen LogP contribution in [0.2, 0.25) is 0 Å². The fourth-order valence-corrected chi connectivity index (χ4v) is 1.57. The number of carbonyl (C=O) groups excluding carboxylic acids is 1. The topological polar surface area (TPSA) is 61.8 Å². The van der Waals surface area contributed by atoms with Gasteiger partial charge >= 0.3 is 0 Å². The molecular formula is C13H28N2O3. The highest BCUT2D eigenvalue weighted by atomic mass is 16.5. The molecule has 2 unspecified atom stereocenters. The van der Waals surface area contributed by atoms with Crippen LogP contribution in [-0.4, -0.2) is 60.4 Å². The summed E-state index contributed by atoms with van der Waals surface area (Å²) in [7, 11) is 0. The molecule has 0 bridgehead atoms. The van der Waals surface area contributed by atoms with Crippen LogP contribution in [0.1, 0.15) is 34.6 Å². The number of rotatable bonds is 9. The van der Waals surface area contributed by atoms with Crippen LogP contribution >= 0.6 is 0 Å². The van der Waals surface area contributed by atoms with Crippen LogP contribution in [0.5, 0.6) is 0 Å². The minimum absolute atomic E-state index is 0.0666. The molecule has 0 saturated heterocycles. The van der Waals surface area contributed by atoms with E-state index in [0.29, 0.717) is 19.6 Å². The monoisotopic (exact) mass is 260 g/mol. The Morgan fingerprint density at radius 2 is 1.83 bits per heavy atom. The first-order chi connectivity index (χ1) is 8.42. The Hall–Kier alpha value is -0.650. The lowest BCUT2D eigenvalue weighted by Crippen LogP contribution is -2.47. The van der Waals surface area contributed by atoms with Crippen molar-refractivity contribution < 1.29 is 14.6 Å². The van der Waals surface area contributed by atoms with Gasteiger partial charge in [0.15, 0.2) is 0 Å². The second kappa shape index (κ2) is 9.30. The van der Waals surface area contributed by atoms with Crippen LogP contribution in [0.4, 0.5) is 0 Å². The number of ether oxygens (including phenoxy) is 1. The molecule has 0 saturated carbocycles. The predicted molar refractivity (Wildman–Crippen MR) is 72.5 cm³/mol. The van der Waals surface area contributed by atoms with Crippen molar-refractivity contribution in [3.63, 3.8) is 0 Å². The number of hydrogen-bond donors (Lipinski definition) is 2. The van der Waals surface area contributed by atoms with Gasteiger partial charge in [0.05, 0.1) is 24.9 Å². The molecule has 0 aliphatic carbocycles. The number of nitrogens with one attached hydrogen (secondary N) is 1. The predicted octanol–water partition coefficient (Wildman–Crippen LogP) is 0.619. The molecule has 0 aromatic carbocycles. The summed E-state index contributed by atoms with van der Waals surface area (Å²) in [5.41, 5.74) is 0. The number of nitrogens with zero attached hydrogens (tertiary/aromatic N) is 1. The van der Waals surface area contributed by atoms with Crippen LogP contribution < -0.4 is 5.32 Å². The summed E-state index contributed by atoms with van der Waals surface area (Å²) in [6.07, 6.45) is -0.478. The molecule has 5 heteroatoms. The Balaban J connectivity index is 3.94. The van der Waals surface area contributed by atoms with Crippen molar-refractivity contribution in [2.75, 3.05) is 26.2 Å². The minimum Gasteiger partial charge on any atom is -0.389 e. The van der Waals surface area contributed by atoms with E-state index in [1.165, 1.54) is 0 Å². The molecule has 18 heavy (non-hydrogen) atoms. The summed E-state index contributed by atoms with van der Waals surface area (Å²) >= 11 is 0. The zero-order valence-corrected chi connectivity index (χ0v) is 12.3. The average molecular weight is 260 g/mol. The maximum Gasteiger partial charge on any atom is 0.239 e. The molecule has 5 nitrogen and oxygen atoms in total. The molecule has 0 aromatic heterocycles. The average Bonchev–Trinajstić information content (AvgIpc) is 2.34. The van der Waals surface area contributed by atoms with Crippen molar-refractivity contribution in [2.45, 2.75) is 52.9 Å². The highest BCUT2D eigenvalue weighted by Gasteiger charge is 2.18. The Labute approximate surface area is 110 Å². The lowest BCUT2D eigenvalue weighted by atomic mass is 10.2. The molecule has 0 aromatic rings. The zero-order valence-electron chi connectivity index (χ0n) is 12.3. The second-order valence-corrected chi connectivity index (χ2v) is 4.68. The third-order valence-corrected chi connectivity index (χ3v) is 2.73. The molecule has 0 spiro atoms. The van der Waals surface area contributed by atoms with Gasteiger partial charge in [-0.05, 0) is 34.6 Å². The number of amides is 1. The first-order valence-corrected chi connectivity index (χ1v) is 6.74. The number of carbonyl (C=O) groups is 1. The van der Waals surface area contributed by atoms with Gasteiger partial charge in [0.1, 0.15) is 0 Å². The molecule has 0 fully saturated rings. The summed E-state index contributed by atoms with van der Waals surface area (Å²) < 4.78 is 5.30. The summed E-state index contributed by atoms with van der Waals surface area (Å²) in [5, 5.41) is 12.7. The third-order valence-electron chi connectivity index (χ3n) is 2.73. The van der Waals surface area contributed by atoms with Crippen molar-refractivity contribution in [1.82, 2.24) is 10.2 Å². The number of aliphatic hydroxyl groups is 1. The van der Waals surface area contributed by atoms with Gasteiger partial charge in [-0.1, -0.05) is 0 Å². The van der Waals surface area contributed by atoms with Gasteiger partial charge in [-0.15, -0.1) is 0 Å². The molecular weight excluding hydrogens is 232 g/mol. The van der Waals surface area contributed by atoms with Gasteiger partial charge < -0.3 is 20.1 Å². The highest BCUT2D eigenvalue weighted by Crippen LogP contribution is 1.96. The van der Waals surface area contributed by atoms with E-state index >= 15 is 0 Å². The van der Waals surface area contributed by atoms with Crippen molar-refractivity contribution in [3.8, 4) is 0 Å². The van der Waals surface area contributed by atoms with Gasteiger partial charge in [-0.25, -0.2) is 0 Å². The number of likely N-dealkylation sites (N-methyl/N-ethyl adjacent to an activating group) is 1. The van der Waals surface area contributed by atoms with E-state index in [1.807, 2.05) is 34.6 Å². The molecule has 1 amide bonds. The maximum absolute atomic E-state index is 11.9. The Morgan fingerprint density at radius 3 is 2.28 bits per heavy atom. The largest absolute Gasteiger partial charge is 0.389 e. The summed E-state index contributed by atoms with van der Waals surface area (Å²) in [6, 6.07) is -0.279. The Kier molecular flexibility index (Phi) is 8.97. The highest BCUT2D eigenvalue weighted by molar-refractivity contribution is 5.81. The number of aliphatic hydroxyl groups excluding tert-OH is 1. The molecule has 0 rings (SSSR count). The molecule has 0 radical (unpaired) electrons. The fraction of sp³-hybridized carbons (Fsp3) is 0.923. The van der Waals surface area contributed by atoms with Crippen LogP contribution in [0.25, 0.3) is 0 Å².